The van der Waals surface area contributed by atoms with Crippen LogP contribution in [0, 0.1) is 0 Å². The van der Waals surface area contributed by atoms with Crippen LogP contribution in [0.1, 0.15) is 25.0 Å². The second-order valence-electron chi connectivity index (χ2n) is 4.62. The lowest BCUT2D eigenvalue weighted by Gasteiger charge is -2.22. The molecule has 0 atom stereocenters. The molecule has 0 amide bonds. The van der Waals surface area contributed by atoms with Crippen LogP contribution in [0.5, 0.6) is 0 Å². The maximum atomic E-state index is 11.4. The van der Waals surface area contributed by atoms with E-state index in [1.54, 1.807) is 19.9 Å². The summed E-state index contributed by atoms with van der Waals surface area (Å²) < 4.78 is 10.2. The van der Waals surface area contributed by atoms with Crippen LogP contribution < -0.4 is 0 Å². The molecular weight excluding hydrogens is 244 g/mol. The van der Waals surface area contributed by atoms with E-state index in [0.717, 1.165) is 11.1 Å². The minimum absolute atomic E-state index is 0.0260. The van der Waals surface area contributed by atoms with Gasteiger partial charge in [0.25, 0.3) is 0 Å². The van der Waals surface area contributed by atoms with Gasteiger partial charge < -0.3 is 14.6 Å². The van der Waals surface area contributed by atoms with E-state index in [1.165, 1.54) is 7.11 Å². The van der Waals surface area contributed by atoms with Crippen molar-refractivity contribution in [3.63, 3.8) is 0 Å². The zero-order chi connectivity index (χ0) is 14.3. The molecule has 19 heavy (non-hydrogen) atoms. The van der Waals surface area contributed by atoms with E-state index in [0.29, 0.717) is 6.61 Å². The van der Waals surface area contributed by atoms with Gasteiger partial charge in [0.1, 0.15) is 0 Å². The molecule has 0 aliphatic heterocycles. The Hall–Kier alpha value is -1.65. The Balaban J connectivity index is 2.59. The van der Waals surface area contributed by atoms with Gasteiger partial charge in [-0.25, -0.2) is 4.79 Å². The maximum absolute atomic E-state index is 11.4. The van der Waals surface area contributed by atoms with Gasteiger partial charge in [-0.2, -0.15) is 0 Å². The number of rotatable bonds is 6. The third-order valence-electron chi connectivity index (χ3n) is 2.67. The number of carbonyl (C=O) groups excluding carboxylic acids is 1. The van der Waals surface area contributed by atoms with Gasteiger partial charge >= 0.3 is 5.97 Å². The summed E-state index contributed by atoms with van der Waals surface area (Å²) >= 11 is 0. The second-order valence-corrected chi connectivity index (χ2v) is 4.62. The zero-order valence-electron chi connectivity index (χ0n) is 11.6. The van der Waals surface area contributed by atoms with Crippen molar-refractivity contribution in [2.45, 2.75) is 26.1 Å². The average Bonchev–Trinajstić information content (AvgIpc) is 2.43. The first-order valence-corrected chi connectivity index (χ1v) is 6.08. The number of hydrogen-bond acceptors (Lipinski definition) is 4. The summed E-state index contributed by atoms with van der Waals surface area (Å²) in [6.07, 6.45) is 3.51. The lowest BCUT2D eigenvalue weighted by Crippen LogP contribution is -2.35. The molecule has 0 heterocycles. The van der Waals surface area contributed by atoms with Crippen LogP contribution in [0.4, 0.5) is 0 Å². The molecule has 0 aliphatic rings. The van der Waals surface area contributed by atoms with Gasteiger partial charge in [0.2, 0.25) is 0 Å². The van der Waals surface area contributed by atoms with Crippen molar-refractivity contribution >= 4 is 12.0 Å². The Morgan fingerprint density at radius 3 is 2.47 bits per heavy atom. The summed E-state index contributed by atoms with van der Waals surface area (Å²) in [6, 6.07) is 7.70. The zero-order valence-corrected chi connectivity index (χ0v) is 11.6. The first-order valence-electron chi connectivity index (χ1n) is 6.08. The van der Waals surface area contributed by atoms with E-state index in [4.69, 9.17) is 9.84 Å². The van der Waals surface area contributed by atoms with E-state index < -0.39 is 11.6 Å². The summed E-state index contributed by atoms with van der Waals surface area (Å²) in [7, 11) is 1.34. The van der Waals surface area contributed by atoms with Gasteiger partial charge in [0.05, 0.1) is 20.3 Å². The number of methoxy groups -OCH3 is 1. The molecule has 1 N–H and O–H groups in total. The Morgan fingerprint density at radius 2 is 1.95 bits per heavy atom. The first kappa shape index (κ1) is 15.4. The molecule has 0 spiro atoms. The van der Waals surface area contributed by atoms with Gasteiger partial charge in [0.15, 0.2) is 5.60 Å². The lowest BCUT2D eigenvalue weighted by atomic mass is 10.1. The van der Waals surface area contributed by atoms with Crippen LogP contribution in [-0.4, -0.2) is 30.4 Å². The fraction of sp³-hybridized carbons (Fsp3) is 0.400. The molecule has 1 aromatic rings. The van der Waals surface area contributed by atoms with E-state index >= 15 is 0 Å². The van der Waals surface area contributed by atoms with Gasteiger partial charge in [-0.05, 0) is 25.0 Å². The van der Waals surface area contributed by atoms with Crippen LogP contribution in [0.15, 0.2) is 30.3 Å². The Morgan fingerprint density at radius 1 is 1.32 bits per heavy atom. The normalized spacial score (nSPS) is 11.8. The van der Waals surface area contributed by atoms with E-state index in [2.05, 4.69) is 4.74 Å². The number of aliphatic hydroxyl groups is 1. The predicted molar refractivity (Wildman–Crippen MR) is 73.4 cm³/mol. The van der Waals surface area contributed by atoms with Crippen LogP contribution in [0.3, 0.4) is 0 Å². The Kier molecular flexibility index (Phi) is 5.73. The summed E-state index contributed by atoms with van der Waals surface area (Å²) in [5, 5.41) is 8.68. The smallest absolute Gasteiger partial charge is 0.337 e. The van der Waals surface area contributed by atoms with Gasteiger partial charge in [-0.3, -0.25) is 0 Å². The minimum atomic E-state index is -0.954. The lowest BCUT2D eigenvalue weighted by molar-refractivity contribution is -0.166. The molecule has 0 saturated carbocycles. The van der Waals surface area contributed by atoms with Gasteiger partial charge in [-0.1, -0.05) is 36.4 Å². The fourth-order valence-corrected chi connectivity index (χ4v) is 1.48. The van der Waals surface area contributed by atoms with Gasteiger partial charge in [-0.15, -0.1) is 0 Å². The SMILES string of the molecule is COC(=O)C(C)(C)OCc1ccc(C=CCO)cc1. The number of hydrogen-bond donors (Lipinski definition) is 1. The first-order chi connectivity index (χ1) is 8.99. The number of esters is 1. The highest BCUT2D eigenvalue weighted by Gasteiger charge is 2.29. The number of aliphatic hydroxyl groups excluding tert-OH is 1. The van der Waals surface area contributed by atoms with Crippen molar-refractivity contribution in [2.75, 3.05) is 13.7 Å². The second kappa shape index (κ2) is 7.07. The molecular formula is C15H20O4. The standard InChI is InChI=1S/C15H20O4/c1-15(2,14(17)18-3)19-11-13-8-6-12(7-9-13)5-4-10-16/h4-9,16H,10-11H2,1-3H3. The van der Waals surface area contributed by atoms with Crippen molar-refractivity contribution < 1.29 is 19.4 Å². The molecule has 0 bridgehead atoms. The highest BCUT2D eigenvalue weighted by Crippen LogP contribution is 2.15. The van der Waals surface area contributed by atoms with E-state index in [9.17, 15) is 4.79 Å². The molecule has 0 aliphatic carbocycles. The van der Waals surface area contributed by atoms with Crippen molar-refractivity contribution in [2.24, 2.45) is 0 Å². The largest absolute Gasteiger partial charge is 0.467 e. The maximum Gasteiger partial charge on any atom is 0.337 e. The highest BCUT2D eigenvalue weighted by atomic mass is 16.6. The quantitative estimate of drug-likeness (QED) is 0.800. The molecule has 0 aromatic heterocycles. The minimum Gasteiger partial charge on any atom is -0.467 e. The molecule has 104 valence electrons. The predicted octanol–water partition coefficient (Wildman–Crippen LogP) is 2.16. The van der Waals surface area contributed by atoms with Gasteiger partial charge in [0, 0.05) is 0 Å². The summed E-state index contributed by atoms with van der Waals surface area (Å²) in [5.74, 6) is -0.394. The van der Waals surface area contributed by atoms with E-state index in [1.807, 2.05) is 30.3 Å². The number of carbonyl (C=O) groups is 1. The van der Waals surface area contributed by atoms with Crippen molar-refractivity contribution in [1.82, 2.24) is 0 Å². The molecule has 0 unspecified atom stereocenters. The summed E-state index contributed by atoms with van der Waals surface area (Å²) in [6.45, 7) is 3.72. The summed E-state index contributed by atoms with van der Waals surface area (Å²) in [5.41, 5.74) is 1.02. The van der Waals surface area contributed by atoms with Crippen LogP contribution >= 0.6 is 0 Å². The molecule has 0 radical (unpaired) electrons. The Labute approximate surface area is 113 Å². The molecule has 4 nitrogen and oxygen atoms in total. The van der Waals surface area contributed by atoms with Crippen molar-refractivity contribution in [3.8, 4) is 0 Å². The van der Waals surface area contributed by atoms with Crippen LogP contribution in [0.25, 0.3) is 6.08 Å². The van der Waals surface area contributed by atoms with Crippen molar-refractivity contribution in [1.29, 1.82) is 0 Å². The van der Waals surface area contributed by atoms with Crippen LogP contribution in [-0.2, 0) is 20.9 Å². The molecule has 1 aromatic carbocycles. The third-order valence-corrected chi connectivity index (χ3v) is 2.67. The third kappa shape index (κ3) is 4.85. The molecule has 4 heteroatoms. The molecule has 1 rings (SSSR count). The molecule has 0 saturated heterocycles. The van der Waals surface area contributed by atoms with Crippen LogP contribution in [0.2, 0.25) is 0 Å². The average molecular weight is 264 g/mol. The highest BCUT2D eigenvalue weighted by molar-refractivity contribution is 5.78. The monoisotopic (exact) mass is 264 g/mol. The van der Waals surface area contributed by atoms with Crippen molar-refractivity contribution in [3.05, 3.63) is 41.5 Å². The molecule has 0 fully saturated rings. The number of ether oxygens (including phenoxy) is 2. The fourth-order valence-electron chi connectivity index (χ4n) is 1.48. The van der Waals surface area contributed by atoms with E-state index in [-0.39, 0.29) is 6.61 Å². The topological polar surface area (TPSA) is 55.8 Å². The summed E-state index contributed by atoms with van der Waals surface area (Å²) in [4.78, 5) is 11.4. The Bertz CT molecular complexity index is 432. The number of benzene rings is 1.